The van der Waals surface area contributed by atoms with Gasteiger partial charge in [0.2, 0.25) is 5.82 Å². The molecule has 2 heterocycles. The maximum atomic E-state index is 13.5. The van der Waals surface area contributed by atoms with E-state index in [0.717, 1.165) is 5.39 Å². The molecule has 2 aromatic heterocycles. The van der Waals surface area contributed by atoms with Crippen LogP contribution in [0.4, 0.5) is 0 Å². The van der Waals surface area contributed by atoms with E-state index >= 15 is 0 Å². The third-order valence-corrected chi connectivity index (χ3v) is 5.59. The van der Waals surface area contributed by atoms with Gasteiger partial charge in [0.15, 0.2) is 17.3 Å². The van der Waals surface area contributed by atoms with Gasteiger partial charge < -0.3 is 13.9 Å². The number of fused-ring (bicyclic) bond motifs is 2. The summed E-state index contributed by atoms with van der Waals surface area (Å²) in [6.45, 7) is 6.76. The van der Waals surface area contributed by atoms with Gasteiger partial charge >= 0.3 is 0 Å². The molecule has 0 radical (unpaired) electrons. The minimum atomic E-state index is -0.299. The van der Waals surface area contributed by atoms with Crippen molar-refractivity contribution in [2.24, 2.45) is 10.5 Å². The van der Waals surface area contributed by atoms with Crippen molar-refractivity contribution in [2.45, 2.75) is 20.8 Å². The highest BCUT2D eigenvalue weighted by Crippen LogP contribution is 2.32. The average Bonchev–Trinajstić information content (AvgIpc) is 3.30. The van der Waals surface area contributed by atoms with Crippen molar-refractivity contribution in [3.63, 3.8) is 0 Å². The van der Waals surface area contributed by atoms with E-state index in [0.29, 0.717) is 51.7 Å². The maximum Gasteiger partial charge on any atom is 0.282 e. The predicted octanol–water partition coefficient (Wildman–Crippen LogP) is 6.13. The number of para-hydroxylation sites is 3. The normalized spacial score (nSPS) is 12.0. The quantitative estimate of drug-likeness (QED) is 0.273. The molecule has 5 rings (SSSR count). The van der Waals surface area contributed by atoms with Crippen LogP contribution in [0.5, 0.6) is 11.5 Å². The number of hydrogen-bond acceptors (Lipinski definition) is 6. The first-order chi connectivity index (χ1) is 17.3. The largest absolute Gasteiger partial charge is 0.493 e. The van der Waals surface area contributed by atoms with E-state index in [1.807, 2.05) is 54.6 Å². The van der Waals surface area contributed by atoms with E-state index in [1.165, 1.54) is 4.68 Å². The molecule has 0 saturated carbocycles. The third kappa shape index (κ3) is 4.60. The molecule has 0 aliphatic heterocycles. The summed E-state index contributed by atoms with van der Waals surface area (Å²) in [5, 5.41) is 5.95. The number of hydrogen-bond donors (Lipinski definition) is 0. The standard InChI is InChI=1S/C29H27N3O4/c1-29(2,3)18-35-26-20(11-9-15-24(26)34-4)17-30-32-27(25-16-19-10-5-8-14-23(19)36-25)31-22-13-7-6-12-21(22)28(32)33/h5-17H,18H2,1-4H3. The van der Waals surface area contributed by atoms with Crippen molar-refractivity contribution in [3.05, 3.63) is 88.7 Å². The van der Waals surface area contributed by atoms with E-state index < -0.39 is 0 Å². The van der Waals surface area contributed by atoms with E-state index in [-0.39, 0.29) is 11.0 Å². The summed E-state index contributed by atoms with van der Waals surface area (Å²) in [5.41, 5.74) is 1.60. The minimum absolute atomic E-state index is 0.0526. The van der Waals surface area contributed by atoms with Gasteiger partial charge in [-0.05, 0) is 41.8 Å². The first kappa shape index (κ1) is 23.4. The first-order valence-corrected chi connectivity index (χ1v) is 11.7. The monoisotopic (exact) mass is 481 g/mol. The van der Waals surface area contributed by atoms with E-state index in [4.69, 9.17) is 18.9 Å². The molecule has 0 amide bonds. The Kier molecular flexibility index (Phi) is 6.06. The van der Waals surface area contributed by atoms with E-state index in [1.54, 1.807) is 31.5 Å². The van der Waals surface area contributed by atoms with Gasteiger partial charge in [-0.1, -0.05) is 57.2 Å². The summed E-state index contributed by atoms with van der Waals surface area (Å²) in [6, 6.07) is 22.3. The maximum absolute atomic E-state index is 13.5. The zero-order valence-corrected chi connectivity index (χ0v) is 20.7. The molecule has 0 fully saturated rings. The fraction of sp³-hybridized carbons (Fsp3) is 0.207. The molecule has 0 spiro atoms. The molecule has 0 aliphatic carbocycles. The number of benzene rings is 3. The Labute approximate surface area is 208 Å². The molecule has 0 unspecified atom stereocenters. The average molecular weight is 482 g/mol. The number of aromatic nitrogens is 2. The van der Waals surface area contributed by atoms with Crippen LogP contribution in [0.3, 0.4) is 0 Å². The zero-order chi connectivity index (χ0) is 25.3. The van der Waals surface area contributed by atoms with Gasteiger partial charge in [-0.2, -0.15) is 9.78 Å². The fourth-order valence-corrected chi connectivity index (χ4v) is 3.84. The molecule has 0 N–H and O–H groups in total. The van der Waals surface area contributed by atoms with Gasteiger partial charge in [-0.25, -0.2) is 4.98 Å². The summed E-state index contributed by atoms with van der Waals surface area (Å²) >= 11 is 0. The second kappa shape index (κ2) is 9.34. The van der Waals surface area contributed by atoms with Crippen molar-refractivity contribution in [1.82, 2.24) is 9.66 Å². The van der Waals surface area contributed by atoms with Crippen LogP contribution in [-0.2, 0) is 0 Å². The van der Waals surface area contributed by atoms with E-state index in [9.17, 15) is 4.79 Å². The van der Waals surface area contributed by atoms with Crippen LogP contribution in [0.25, 0.3) is 33.5 Å². The lowest BCUT2D eigenvalue weighted by molar-refractivity contribution is 0.191. The Morgan fingerprint density at radius 3 is 2.58 bits per heavy atom. The van der Waals surface area contributed by atoms with Crippen molar-refractivity contribution < 1.29 is 13.9 Å². The van der Waals surface area contributed by atoms with Crippen molar-refractivity contribution in [2.75, 3.05) is 13.7 Å². The van der Waals surface area contributed by atoms with Crippen LogP contribution in [0.15, 0.2) is 87.1 Å². The Bertz CT molecular complexity index is 1610. The molecule has 3 aromatic carbocycles. The lowest BCUT2D eigenvalue weighted by atomic mass is 9.98. The smallest absolute Gasteiger partial charge is 0.282 e. The Morgan fingerprint density at radius 2 is 1.81 bits per heavy atom. The lowest BCUT2D eigenvalue weighted by Crippen LogP contribution is -2.20. The highest BCUT2D eigenvalue weighted by atomic mass is 16.5. The van der Waals surface area contributed by atoms with Gasteiger partial charge in [0.25, 0.3) is 5.56 Å². The van der Waals surface area contributed by atoms with Crippen LogP contribution < -0.4 is 15.0 Å². The van der Waals surface area contributed by atoms with E-state index in [2.05, 4.69) is 25.9 Å². The molecule has 36 heavy (non-hydrogen) atoms. The topological polar surface area (TPSA) is 78.9 Å². The van der Waals surface area contributed by atoms with Gasteiger partial charge in [0, 0.05) is 10.9 Å². The van der Waals surface area contributed by atoms with Gasteiger partial charge in [-0.15, -0.1) is 0 Å². The molecule has 0 bridgehead atoms. The SMILES string of the molecule is COc1cccc(C=Nn2c(-c3cc4ccccc4o3)nc3ccccc3c2=O)c1OCC(C)(C)C. The third-order valence-electron chi connectivity index (χ3n) is 5.59. The molecule has 7 nitrogen and oxygen atoms in total. The second-order valence-corrected chi connectivity index (χ2v) is 9.69. The van der Waals surface area contributed by atoms with Crippen LogP contribution >= 0.6 is 0 Å². The van der Waals surface area contributed by atoms with Crippen molar-refractivity contribution in [3.8, 4) is 23.1 Å². The number of rotatable bonds is 6. The molecule has 182 valence electrons. The Morgan fingerprint density at radius 1 is 1.03 bits per heavy atom. The van der Waals surface area contributed by atoms with Gasteiger partial charge in [0.05, 0.1) is 30.8 Å². The fourth-order valence-electron chi connectivity index (χ4n) is 3.84. The minimum Gasteiger partial charge on any atom is -0.493 e. The Hall–Kier alpha value is -4.39. The molecule has 0 atom stereocenters. The molecule has 0 aliphatic rings. The number of methoxy groups -OCH3 is 1. The summed E-state index contributed by atoms with van der Waals surface area (Å²) < 4.78 is 19.0. The molecule has 7 heteroatoms. The van der Waals surface area contributed by atoms with Gasteiger partial charge in [0.1, 0.15) is 5.58 Å². The number of furan rings is 1. The van der Waals surface area contributed by atoms with Crippen LogP contribution in [0.1, 0.15) is 26.3 Å². The highest BCUT2D eigenvalue weighted by Gasteiger charge is 2.18. The molecular formula is C29H27N3O4. The predicted molar refractivity (Wildman–Crippen MR) is 142 cm³/mol. The summed E-state index contributed by atoms with van der Waals surface area (Å²) in [4.78, 5) is 18.3. The summed E-state index contributed by atoms with van der Waals surface area (Å²) in [5.74, 6) is 1.91. The van der Waals surface area contributed by atoms with Gasteiger partial charge in [-0.3, -0.25) is 4.79 Å². The molecular weight excluding hydrogens is 454 g/mol. The summed E-state index contributed by atoms with van der Waals surface area (Å²) in [7, 11) is 1.59. The van der Waals surface area contributed by atoms with Crippen LogP contribution in [-0.4, -0.2) is 29.6 Å². The van der Waals surface area contributed by atoms with Crippen LogP contribution in [0, 0.1) is 5.41 Å². The second-order valence-electron chi connectivity index (χ2n) is 9.69. The highest BCUT2D eigenvalue weighted by molar-refractivity contribution is 5.86. The van der Waals surface area contributed by atoms with Crippen LogP contribution in [0.2, 0.25) is 0 Å². The van der Waals surface area contributed by atoms with Crippen molar-refractivity contribution >= 4 is 28.1 Å². The van der Waals surface area contributed by atoms with Crippen molar-refractivity contribution in [1.29, 1.82) is 0 Å². The first-order valence-electron chi connectivity index (χ1n) is 11.7. The lowest BCUT2D eigenvalue weighted by Gasteiger charge is -2.21. The molecule has 5 aromatic rings. The number of ether oxygens (including phenoxy) is 2. The Balaban J connectivity index is 1.66. The number of nitrogens with zero attached hydrogens (tertiary/aromatic N) is 3. The zero-order valence-electron chi connectivity index (χ0n) is 20.7. The molecule has 0 saturated heterocycles. The summed E-state index contributed by atoms with van der Waals surface area (Å²) in [6.07, 6.45) is 1.59.